The molecular formula is C22H28Cl2N4O2S. The van der Waals surface area contributed by atoms with E-state index in [0.717, 1.165) is 53.9 Å². The van der Waals surface area contributed by atoms with Gasteiger partial charge < -0.3 is 15.0 Å². The van der Waals surface area contributed by atoms with Gasteiger partial charge in [0, 0.05) is 29.6 Å². The van der Waals surface area contributed by atoms with Crippen molar-refractivity contribution in [3.05, 3.63) is 45.3 Å². The van der Waals surface area contributed by atoms with Gasteiger partial charge in [0.15, 0.2) is 5.82 Å². The minimum absolute atomic E-state index is 0.433. The Hall–Kier alpha value is -1.67. The van der Waals surface area contributed by atoms with Crippen molar-refractivity contribution in [2.24, 2.45) is 0 Å². The molecule has 3 aromatic rings. The smallest absolute Gasteiger partial charge is 0.151 e. The Kier molecular flexibility index (Phi) is 8.33. The van der Waals surface area contributed by atoms with Gasteiger partial charge in [-0.05, 0) is 57.4 Å². The fraction of sp³-hybridized carbons (Fsp3) is 0.455. The molecule has 0 saturated carbocycles. The summed E-state index contributed by atoms with van der Waals surface area (Å²) in [6, 6.07) is 5.09. The number of benzene rings is 1. The normalized spacial score (nSPS) is 12.5. The van der Waals surface area contributed by atoms with Crippen molar-refractivity contribution in [3.8, 4) is 0 Å². The fourth-order valence-electron chi connectivity index (χ4n) is 3.54. The van der Waals surface area contributed by atoms with Crippen LogP contribution < -0.4 is 5.73 Å². The summed E-state index contributed by atoms with van der Waals surface area (Å²) in [4.78, 5) is 9.77. The topological polar surface area (TPSA) is 83.0 Å². The van der Waals surface area contributed by atoms with Crippen LogP contribution in [0.3, 0.4) is 0 Å². The Morgan fingerprint density at radius 3 is 2.65 bits per heavy atom. The second-order valence-corrected chi connectivity index (χ2v) is 9.79. The third-order valence-electron chi connectivity index (χ3n) is 5.26. The molecular weight excluding hydrogens is 455 g/mol. The highest BCUT2D eigenvalue weighted by molar-refractivity contribution is 7.85. The first-order valence-electron chi connectivity index (χ1n) is 10.4. The Morgan fingerprint density at radius 1 is 1.16 bits per heavy atom. The maximum Gasteiger partial charge on any atom is 0.151 e. The van der Waals surface area contributed by atoms with Crippen LogP contribution in [0.1, 0.15) is 43.3 Å². The number of anilines is 1. The molecule has 2 N–H and O–H groups in total. The monoisotopic (exact) mass is 482 g/mol. The standard InChI is InChI=1S/C22H28Cl2N4O2S/c1-4-30-13-19-27-20-21(14(2)15(3)26-22(20)25)28(19)10-6-5-7-11-31(29)18-9-8-16(23)12-17(18)24/h8-9,12H,4-7,10-11,13H2,1-3H3,(H2,25,26). The first-order chi connectivity index (χ1) is 14.8. The summed E-state index contributed by atoms with van der Waals surface area (Å²) in [6.07, 6.45) is 2.70. The predicted octanol–water partition coefficient (Wildman–Crippen LogP) is 5.45. The van der Waals surface area contributed by atoms with E-state index in [9.17, 15) is 4.21 Å². The van der Waals surface area contributed by atoms with E-state index in [1.165, 1.54) is 0 Å². The Bertz CT molecular complexity index is 1100. The number of aryl methyl sites for hydroxylation is 3. The van der Waals surface area contributed by atoms with Gasteiger partial charge in [-0.25, -0.2) is 9.97 Å². The van der Waals surface area contributed by atoms with Crippen molar-refractivity contribution in [1.82, 2.24) is 14.5 Å². The van der Waals surface area contributed by atoms with Gasteiger partial charge in [-0.1, -0.05) is 29.6 Å². The Balaban J connectivity index is 1.67. The van der Waals surface area contributed by atoms with E-state index in [1.807, 2.05) is 20.8 Å². The van der Waals surface area contributed by atoms with E-state index < -0.39 is 10.8 Å². The lowest BCUT2D eigenvalue weighted by molar-refractivity contribution is 0.126. The minimum atomic E-state index is -1.14. The van der Waals surface area contributed by atoms with Crippen molar-refractivity contribution in [1.29, 1.82) is 0 Å². The number of imidazole rings is 1. The number of hydrogen-bond acceptors (Lipinski definition) is 5. The molecule has 168 valence electrons. The van der Waals surface area contributed by atoms with Crippen molar-refractivity contribution in [2.75, 3.05) is 18.1 Å². The number of nitrogens with zero attached hydrogens (tertiary/aromatic N) is 3. The zero-order valence-corrected chi connectivity index (χ0v) is 20.4. The average molecular weight is 483 g/mol. The summed E-state index contributed by atoms with van der Waals surface area (Å²) in [5.41, 5.74) is 9.89. The van der Waals surface area contributed by atoms with Crippen LogP contribution in [0.15, 0.2) is 23.1 Å². The molecule has 1 atom stereocenters. The number of aromatic nitrogens is 3. The number of unbranched alkanes of at least 4 members (excludes halogenated alkanes) is 2. The minimum Gasteiger partial charge on any atom is -0.382 e. The van der Waals surface area contributed by atoms with E-state index in [2.05, 4.69) is 9.55 Å². The van der Waals surface area contributed by atoms with E-state index in [0.29, 0.717) is 39.7 Å². The van der Waals surface area contributed by atoms with Gasteiger partial charge in [0.05, 0.1) is 26.2 Å². The van der Waals surface area contributed by atoms with Gasteiger partial charge in [0.1, 0.15) is 17.9 Å². The number of fused-ring (bicyclic) bond motifs is 1. The quantitative estimate of drug-likeness (QED) is 0.388. The number of pyridine rings is 1. The van der Waals surface area contributed by atoms with E-state index in [4.69, 9.17) is 38.7 Å². The molecule has 0 spiro atoms. The molecule has 31 heavy (non-hydrogen) atoms. The molecule has 0 amide bonds. The zero-order chi connectivity index (χ0) is 22.5. The molecule has 9 heteroatoms. The Morgan fingerprint density at radius 2 is 1.94 bits per heavy atom. The lowest BCUT2D eigenvalue weighted by atomic mass is 10.2. The molecule has 1 aromatic carbocycles. The largest absolute Gasteiger partial charge is 0.382 e. The van der Waals surface area contributed by atoms with E-state index >= 15 is 0 Å². The third-order valence-corrected chi connectivity index (χ3v) is 7.43. The van der Waals surface area contributed by atoms with Crippen LogP contribution in [0.2, 0.25) is 10.0 Å². The molecule has 6 nitrogen and oxygen atoms in total. The summed E-state index contributed by atoms with van der Waals surface area (Å²) in [6.45, 7) is 7.81. The van der Waals surface area contributed by atoms with Crippen LogP contribution in [0.4, 0.5) is 5.82 Å². The number of nitrogens with two attached hydrogens (primary N) is 1. The molecule has 0 aliphatic carbocycles. The second-order valence-electron chi connectivity index (χ2n) is 7.41. The highest BCUT2D eigenvalue weighted by atomic mass is 35.5. The molecule has 0 aliphatic heterocycles. The zero-order valence-electron chi connectivity index (χ0n) is 18.1. The predicted molar refractivity (Wildman–Crippen MR) is 128 cm³/mol. The van der Waals surface area contributed by atoms with Crippen molar-refractivity contribution in [2.45, 2.75) is 58.1 Å². The van der Waals surface area contributed by atoms with Gasteiger partial charge in [-0.3, -0.25) is 4.21 Å². The molecule has 0 saturated heterocycles. The SMILES string of the molecule is CCOCc1nc2c(N)nc(C)c(C)c2n1CCCCCS(=O)c1ccc(Cl)cc1Cl. The lowest BCUT2D eigenvalue weighted by Gasteiger charge is -2.12. The Labute approximate surface area is 195 Å². The number of ether oxygens (including phenoxy) is 1. The van der Waals surface area contributed by atoms with Crippen LogP contribution in [-0.2, 0) is 28.7 Å². The molecule has 2 aromatic heterocycles. The van der Waals surface area contributed by atoms with Crippen molar-refractivity contribution < 1.29 is 8.95 Å². The van der Waals surface area contributed by atoms with Gasteiger partial charge in [-0.2, -0.15) is 0 Å². The van der Waals surface area contributed by atoms with Gasteiger partial charge in [-0.15, -0.1) is 0 Å². The summed E-state index contributed by atoms with van der Waals surface area (Å²) in [5, 5.41) is 0.996. The summed E-state index contributed by atoms with van der Waals surface area (Å²) < 4.78 is 20.4. The molecule has 0 radical (unpaired) electrons. The van der Waals surface area contributed by atoms with Crippen molar-refractivity contribution in [3.63, 3.8) is 0 Å². The summed E-state index contributed by atoms with van der Waals surface area (Å²) >= 11 is 12.1. The lowest BCUT2D eigenvalue weighted by Crippen LogP contribution is -2.08. The fourth-order valence-corrected chi connectivity index (χ4v) is 5.39. The molecule has 1 unspecified atom stereocenters. The van der Waals surface area contributed by atoms with Gasteiger partial charge >= 0.3 is 0 Å². The average Bonchev–Trinajstić information content (AvgIpc) is 3.09. The van der Waals surface area contributed by atoms with Crippen LogP contribution in [0.25, 0.3) is 11.0 Å². The maximum absolute atomic E-state index is 12.6. The van der Waals surface area contributed by atoms with E-state index in [1.54, 1.807) is 18.2 Å². The number of nitrogen functional groups attached to an aromatic ring is 1. The van der Waals surface area contributed by atoms with Gasteiger partial charge in [0.2, 0.25) is 0 Å². The summed E-state index contributed by atoms with van der Waals surface area (Å²) in [5.74, 6) is 1.87. The molecule has 2 heterocycles. The molecule has 0 aliphatic rings. The van der Waals surface area contributed by atoms with Crippen LogP contribution >= 0.6 is 23.2 Å². The molecule has 3 rings (SSSR count). The van der Waals surface area contributed by atoms with Crippen LogP contribution in [0, 0.1) is 13.8 Å². The van der Waals surface area contributed by atoms with Gasteiger partial charge in [0.25, 0.3) is 0 Å². The third kappa shape index (κ3) is 5.58. The maximum atomic E-state index is 12.6. The van der Waals surface area contributed by atoms with Crippen molar-refractivity contribution >= 4 is 50.9 Å². The number of rotatable bonds is 10. The second kappa shape index (κ2) is 10.8. The number of hydrogen-bond donors (Lipinski definition) is 1. The highest BCUT2D eigenvalue weighted by Crippen LogP contribution is 2.27. The van der Waals surface area contributed by atoms with Crippen LogP contribution in [0.5, 0.6) is 0 Å². The van der Waals surface area contributed by atoms with E-state index in [-0.39, 0.29) is 0 Å². The van der Waals surface area contributed by atoms with Crippen LogP contribution in [-0.4, -0.2) is 31.1 Å². The molecule has 0 bridgehead atoms. The summed E-state index contributed by atoms with van der Waals surface area (Å²) in [7, 11) is -1.14. The highest BCUT2D eigenvalue weighted by Gasteiger charge is 2.17. The first-order valence-corrected chi connectivity index (χ1v) is 12.4. The first kappa shape index (κ1) is 24.0. The number of halogens is 2. The molecule has 0 fully saturated rings.